The predicted octanol–water partition coefficient (Wildman–Crippen LogP) is 4.53. The van der Waals surface area contributed by atoms with Crippen LogP contribution >= 0.6 is 35.3 Å². The van der Waals surface area contributed by atoms with E-state index < -0.39 is 0 Å². The van der Waals surface area contributed by atoms with Crippen LogP contribution in [0.1, 0.15) is 31.9 Å². The number of aromatic hydroxyl groups is 1. The van der Waals surface area contributed by atoms with Gasteiger partial charge in [-0.1, -0.05) is 0 Å². The van der Waals surface area contributed by atoms with Gasteiger partial charge in [-0.05, 0) is 80.5 Å². The zero-order valence-corrected chi connectivity index (χ0v) is 20.0. The molecule has 2 N–H and O–H groups in total. The van der Waals surface area contributed by atoms with Crippen LogP contribution < -0.4 is 19.5 Å². The van der Waals surface area contributed by atoms with Gasteiger partial charge in [-0.25, -0.2) is 4.99 Å². The molecule has 0 atom stereocenters. The van der Waals surface area contributed by atoms with Gasteiger partial charge >= 0.3 is 0 Å². The van der Waals surface area contributed by atoms with Crippen molar-refractivity contribution < 1.29 is 9.52 Å². The standard InChI is InChI=1S/C22H23N5O2S3/c1-2-27-20(28)17(29-22(27)30)12-16-13-18-19(31-16)23-21(32-18)25-24-14-6-8-15(9-7-14)26-10-4-3-5-11-26/h6-9,12-13,24,28H,2-5,10-11H2,1H3. The van der Waals surface area contributed by atoms with Gasteiger partial charge in [-0.2, -0.15) is 0 Å². The third-order valence-electron chi connectivity index (χ3n) is 5.45. The lowest BCUT2D eigenvalue weighted by molar-refractivity contribution is 0.419. The highest BCUT2D eigenvalue weighted by Gasteiger charge is 2.16. The fourth-order valence-corrected chi connectivity index (χ4v) is 6.08. The Morgan fingerprint density at radius 2 is 2.03 bits per heavy atom. The largest absolute Gasteiger partial charge is 0.492 e. The number of thiophene rings is 1. The van der Waals surface area contributed by atoms with Gasteiger partial charge < -0.3 is 14.4 Å². The van der Waals surface area contributed by atoms with Crippen molar-refractivity contribution in [1.82, 2.24) is 4.57 Å². The van der Waals surface area contributed by atoms with Crippen molar-refractivity contribution in [2.24, 2.45) is 10.1 Å². The maximum atomic E-state index is 10.2. The van der Waals surface area contributed by atoms with Crippen molar-refractivity contribution >= 4 is 57.9 Å². The SMILES string of the molecule is CCn1c(O)c(C=c2cc3c(s2)=NC(=NNc2ccc(N4CCCCC4)cc2)S3)oc1=S. The lowest BCUT2D eigenvalue weighted by Gasteiger charge is -2.28. The Morgan fingerprint density at radius 1 is 1.25 bits per heavy atom. The summed E-state index contributed by atoms with van der Waals surface area (Å²) in [6.07, 6.45) is 5.66. The minimum absolute atomic E-state index is 0.0495. The van der Waals surface area contributed by atoms with Gasteiger partial charge in [0.2, 0.25) is 11.0 Å². The van der Waals surface area contributed by atoms with E-state index in [0.29, 0.717) is 17.5 Å². The first-order chi connectivity index (χ1) is 15.6. The molecule has 3 aromatic rings. The molecule has 32 heavy (non-hydrogen) atoms. The molecule has 1 aromatic carbocycles. The van der Waals surface area contributed by atoms with E-state index in [4.69, 9.17) is 16.6 Å². The molecule has 5 rings (SSSR count). The number of fused-ring (bicyclic) bond motifs is 1. The fraction of sp³-hybridized carbons (Fsp3) is 0.318. The van der Waals surface area contributed by atoms with E-state index >= 15 is 0 Å². The topological polar surface area (TPSA) is 78.3 Å². The molecule has 4 heterocycles. The molecule has 166 valence electrons. The van der Waals surface area contributed by atoms with Crippen LogP contribution in [0.5, 0.6) is 5.88 Å². The number of nitrogens with zero attached hydrogens (tertiary/aromatic N) is 4. The maximum absolute atomic E-state index is 10.2. The summed E-state index contributed by atoms with van der Waals surface area (Å²) in [6.45, 7) is 4.74. The van der Waals surface area contributed by atoms with Crippen molar-refractivity contribution in [1.29, 1.82) is 0 Å². The van der Waals surface area contributed by atoms with Crippen molar-refractivity contribution in [3.63, 3.8) is 0 Å². The van der Waals surface area contributed by atoms with Gasteiger partial charge in [0, 0.05) is 35.9 Å². The van der Waals surface area contributed by atoms with Gasteiger partial charge in [0.15, 0.2) is 5.76 Å². The number of hydrogen-bond acceptors (Lipinski definition) is 8. The summed E-state index contributed by atoms with van der Waals surface area (Å²) < 4.78 is 8.89. The highest BCUT2D eigenvalue weighted by molar-refractivity contribution is 8.14. The second-order valence-electron chi connectivity index (χ2n) is 7.58. The summed E-state index contributed by atoms with van der Waals surface area (Å²) in [5.74, 6) is 0.415. The number of rotatable bonds is 5. The molecule has 0 bridgehead atoms. The number of nitrogens with one attached hydrogen (secondary N) is 1. The summed E-state index contributed by atoms with van der Waals surface area (Å²) in [6, 6.07) is 10.4. The van der Waals surface area contributed by atoms with E-state index in [2.05, 4.69) is 44.7 Å². The van der Waals surface area contributed by atoms with Crippen molar-refractivity contribution in [3.05, 3.63) is 50.1 Å². The Morgan fingerprint density at radius 3 is 2.72 bits per heavy atom. The zero-order valence-electron chi connectivity index (χ0n) is 17.6. The Balaban J connectivity index is 1.29. The molecule has 0 unspecified atom stereocenters. The molecule has 7 nitrogen and oxygen atoms in total. The lowest BCUT2D eigenvalue weighted by Crippen LogP contribution is -2.29. The van der Waals surface area contributed by atoms with Gasteiger partial charge in [-0.3, -0.25) is 9.99 Å². The lowest BCUT2D eigenvalue weighted by atomic mass is 10.1. The Kier molecular flexibility index (Phi) is 6.07. The first-order valence-corrected chi connectivity index (χ1v) is 12.6. The molecule has 2 aliphatic rings. The maximum Gasteiger partial charge on any atom is 0.272 e. The summed E-state index contributed by atoms with van der Waals surface area (Å²) in [5.41, 5.74) is 5.32. The van der Waals surface area contributed by atoms with Gasteiger partial charge in [0.1, 0.15) is 4.67 Å². The van der Waals surface area contributed by atoms with E-state index in [1.807, 2.05) is 13.0 Å². The second kappa shape index (κ2) is 9.13. The van der Waals surface area contributed by atoms with E-state index in [9.17, 15) is 5.11 Å². The summed E-state index contributed by atoms with van der Waals surface area (Å²) in [4.78, 5) is 8.35. The van der Waals surface area contributed by atoms with Crippen molar-refractivity contribution in [3.8, 4) is 5.88 Å². The Hall–Kier alpha value is -2.56. The Bertz CT molecular complexity index is 1330. The van der Waals surface area contributed by atoms with Crippen LogP contribution in [-0.4, -0.2) is 27.9 Å². The molecule has 2 aromatic heterocycles. The third kappa shape index (κ3) is 4.35. The summed E-state index contributed by atoms with van der Waals surface area (Å²) >= 11 is 8.17. The van der Waals surface area contributed by atoms with E-state index in [1.54, 1.807) is 10.6 Å². The van der Waals surface area contributed by atoms with Gasteiger partial charge in [0.05, 0.1) is 10.6 Å². The number of piperidine rings is 1. The summed E-state index contributed by atoms with van der Waals surface area (Å²) in [7, 11) is 0. The molecule has 10 heteroatoms. The molecule has 0 saturated carbocycles. The molecule has 0 spiro atoms. The number of aromatic nitrogens is 1. The van der Waals surface area contributed by atoms with E-state index in [-0.39, 0.29) is 10.7 Å². The molecule has 1 saturated heterocycles. The van der Waals surface area contributed by atoms with Crippen LogP contribution in [0.3, 0.4) is 0 Å². The molecule has 0 amide bonds. The summed E-state index contributed by atoms with van der Waals surface area (Å²) in [5, 5.41) is 15.4. The number of oxazole rings is 1. The average molecular weight is 486 g/mol. The van der Waals surface area contributed by atoms with Gasteiger partial charge in [0.25, 0.3) is 4.84 Å². The highest BCUT2D eigenvalue weighted by Crippen LogP contribution is 2.25. The average Bonchev–Trinajstić information content (AvgIpc) is 3.44. The smallest absolute Gasteiger partial charge is 0.272 e. The molecular formula is C22H23N5O2S3. The first-order valence-electron chi connectivity index (χ1n) is 10.6. The van der Waals surface area contributed by atoms with E-state index in [0.717, 1.165) is 32.9 Å². The van der Waals surface area contributed by atoms with E-state index in [1.165, 1.54) is 48.0 Å². The molecule has 1 fully saturated rings. The number of benzene rings is 1. The van der Waals surface area contributed by atoms with Crippen LogP contribution in [-0.2, 0) is 6.54 Å². The molecular weight excluding hydrogens is 462 g/mol. The number of hydrazone groups is 1. The number of thioether (sulfide) groups is 1. The fourth-order valence-electron chi connectivity index (χ4n) is 3.79. The minimum Gasteiger partial charge on any atom is -0.492 e. The van der Waals surface area contributed by atoms with Crippen molar-refractivity contribution in [2.45, 2.75) is 37.6 Å². The minimum atomic E-state index is 0.0495. The van der Waals surface area contributed by atoms with Crippen LogP contribution in [0.2, 0.25) is 0 Å². The van der Waals surface area contributed by atoms with Crippen molar-refractivity contribution in [2.75, 3.05) is 23.4 Å². The van der Waals surface area contributed by atoms with Crippen LogP contribution in [0.4, 0.5) is 11.4 Å². The third-order valence-corrected chi connectivity index (χ3v) is 7.75. The quantitative estimate of drug-likeness (QED) is 0.409. The van der Waals surface area contributed by atoms with Crippen LogP contribution in [0.25, 0.3) is 6.08 Å². The number of hydrogen-bond donors (Lipinski definition) is 2. The molecule has 2 aliphatic heterocycles. The first kappa shape index (κ1) is 21.3. The monoisotopic (exact) mass is 485 g/mol. The number of anilines is 2. The van der Waals surface area contributed by atoms with Crippen LogP contribution in [0, 0.1) is 4.84 Å². The molecule has 0 aliphatic carbocycles. The molecule has 0 radical (unpaired) electrons. The zero-order chi connectivity index (χ0) is 22.1. The normalized spacial score (nSPS) is 17.6. The Labute approximate surface area is 198 Å². The van der Waals surface area contributed by atoms with Crippen LogP contribution in [0.15, 0.2) is 49.7 Å². The van der Waals surface area contributed by atoms with Gasteiger partial charge in [-0.15, -0.1) is 16.4 Å². The second-order valence-corrected chi connectivity index (χ2v) is 10.00. The highest BCUT2D eigenvalue weighted by atomic mass is 32.2. The predicted molar refractivity (Wildman–Crippen MR) is 133 cm³/mol. The number of amidine groups is 1.